The van der Waals surface area contributed by atoms with E-state index in [-0.39, 0.29) is 0 Å². The second kappa shape index (κ2) is 14.4. The largest absolute Gasteiger partial charge is 0.0654 e. The van der Waals surface area contributed by atoms with Crippen molar-refractivity contribution >= 4 is 0 Å². The van der Waals surface area contributed by atoms with Gasteiger partial charge in [-0.25, -0.2) is 0 Å². The van der Waals surface area contributed by atoms with Gasteiger partial charge in [-0.1, -0.05) is 117 Å². The summed E-state index contributed by atoms with van der Waals surface area (Å²) in [7, 11) is 0. The second-order valence-electron chi connectivity index (χ2n) is 8.53. The Morgan fingerprint density at radius 2 is 1.13 bits per heavy atom. The van der Waals surface area contributed by atoms with Crippen molar-refractivity contribution in [3.05, 3.63) is 0 Å². The zero-order valence-corrected chi connectivity index (χ0v) is 16.8. The molecule has 1 aliphatic rings. The average molecular weight is 323 g/mol. The van der Waals surface area contributed by atoms with Gasteiger partial charge in [0.2, 0.25) is 0 Å². The predicted octanol–water partition coefficient (Wildman–Crippen LogP) is 8.54. The van der Waals surface area contributed by atoms with Crippen molar-refractivity contribution < 1.29 is 0 Å². The summed E-state index contributed by atoms with van der Waals surface area (Å²) in [6.07, 6.45) is 25.2. The molecule has 0 aromatic carbocycles. The van der Waals surface area contributed by atoms with E-state index in [4.69, 9.17) is 0 Å². The van der Waals surface area contributed by atoms with Crippen molar-refractivity contribution in [3.63, 3.8) is 0 Å². The molecular weight excluding hydrogens is 276 g/mol. The molecule has 0 radical (unpaired) electrons. The molecule has 0 nitrogen and oxygen atoms in total. The molecule has 0 saturated heterocycles. The lowest BCUT2D eigenvalue weighted by atomic mass is 9.69. The Bertz CT molecular complexity index is 228. The molecule has 2 atom stereocenters. The monoisotopic (exact) mass is 322 g/mol. The van der Waals surface area contributed by atoms with Gasteiger partial charge in [-0.05, 0) is 30.6 Å². The Hall–Kier alpha value is 0. The summed E-state index contributed by atoms with van der Waals surface area (Å²) in [6, 6.07) is 0. The summed E-state index contributed by atoms with van der Waals surface area (Å²) < 4.78 is 0. The highest BCUT2D eigenvalue weighted by Gasteiger charge is 2.28. The fraction of sp³-hybridized carbons (Fsp3) is 1.00. The molecule has 0 spiro atoms. The summed E-state index contributed by atoms with van der Waals surface area (Å²) in [5.41, 5.74) is 0. The first-order chi connectivity index (χ1) is 11.3. The van der Waals surface area contributed by atoms with Crippen molar-refractivity contribution in [2.45, 2.75) is 130 Å². The minimum Gasteiger partial charge on any atom is -0.0654 e. The quantitative estimate of drug-likeness (QED) is 0.250. The maximum Gasteiger partial charge on any atom is -0.0386 e. The number of rotatable bonds is 16. The lowest BCUT2D eigenvalue weighted by Gasteiger charge is -2.36. The van der Waals surface area contributed by atoms with E-state index in [9.17, 15) is 0 Å². The zero-order valence-electron chi connectivity index (χ0n) is 16.8. The van der Waals surface area contributed by atoms with Gasteiger partial charge in [-0.15, -0.1) is 0 Å². The van der Waals surface area contributed by atoms with Crippen LogP contribution in [0.25, 0.3) is 0 Å². The molecule has 1 rings (SSSR count). The van der Waals surface area contributed by atoms with E-state index in [1.807, 2.05) is 0 Å². The molecule has 1 saturated carbocycles. The lowest BCUT2D eigenvalue weighted by Crippen LogP contribution is -2.25. The minimum absolute atomic E-state index is 1.03. The van der Waals surface area contributed by atoms with Crippen LogP contribution in [0.1, 0.15) is 130 Å². The van der Waals surface area contributed by atoms with Crippen molar-refractivity contribution in [2.75, 3.05) is 0 Å². The fourth-order valence-corrected chi connectivity index (χ4v) is 4.32. The highest BCUT2D eigenvalue weighted by Crippen LogP contribution is 2.40. The van der Waals surface area contributed by atoms with E-state index in [0.717, 1.165) is 17.8 Å². The molecule has 0 aliphatic heterocycles. The van der Waals surface area contributed by atoms with E-state index in [1.54, 1.807) is 6.42 Å². The van der Waals surface area contributed by atoms with Crippen LogP contribution in [0.3, 0.4) is 0 Å². The van der Waals surface area contributed by atoms with Gasteiger partial charge in [-0.2, -0.15) is 0 Å². The molecule has 0 heterocycles. The molecule has 0 aromatic rings. The summed E-state index contributed by atoms with van der Waals surface area (Å²) in [5.74, 6) is 3.17. The van der Waals surface area contributed by atoms with Crippen LogP contribution in [0.15, 0.2) is 0 Å². The molecule has 23 heavy (non-hydrogen) atoms. The van der Waals surface area contributed by atoms with Gasteiger partial charge in [0, 0.05) is 0 Å². The molecule has 0 N–H and O–H groups in total. The minimum atomic E-state index is 1.03. The van der Waals surface area contributed by atoms with Crippen LogP contribution in [0.5, 0.6) is 0 Å². The number of unbranched alkanes of at least 4 members (excludes halogenated alkanes) is 10. The molecule has 0 amide bonds. The van der Waals surface area contributed by atoms with Gasteiger partial charge < -0.3 is 0 Å². The van der Waals surface area contributed by atoms with Crippen molar-refractivity contribution in [3.8, 4) is 0 Å². The van der Waals surface area contributed by atoms with Crippen molar-refractivity contribution in [2.24, 2.45) is 17.8 Å². The van der Waals surface area contributed by atoms with Crippen LogP contribution in [0.4, 0.5) is 0 Å². The van der Waals surface area contributed by atoms with Gasteiger partial charge in [-0.3, -0.25) is 0 Å². The third-order valence-corrected chi connectivity index (χ3v) is 6.37. The van der Waals surface area contributed by atoms with Crippen LogP contribution < -0.4 is 0 Å². The van der Waals surface area contributed by atoms with Crippen LogP contribution in [-0.2, 0) is 0 Å². The van der Waals surface area contributed by atoms with Gasteiger partial charge in [0.1, 0.15) is 0 Å². The first-order valence-corrected chi connectivity index (χ1v) is 11.3. The Labute approximate surface area is 148 Å². The molecule has 138 valence electrons. The Kier molecular flexibility index (Phi) is 13.1. The maximum absolute atomic E-state index is 2.49. The van der Waals surface area contributed by atoms with Crippen LogP contribution >= 0.6 is 0 Å². The first kappa shape index (κ1) is 21.0. The first-order valence-electron chi connectivity index (χ1n) is 11.3. The van der Waals surface area contributed by atoms with Crippen LogP contribution in [-0.4, -0.2) is 0 Å². The topological polar surface area (TPSA) is 0 Å². The molecule has 0 aromatic heterocycles. The van der Waals surface area contributed by atoms with Crippen molar-refractivity contribution in [1.29, 1.82) is 0 Å². The molecule has 2 unspecified atom stereocenters. The van der Waals surface area contributed by atoms with Crippen molar-refractivity contribution in [1.82, 2.24) is 0 Å². The summed E-state index contributed by atoms with van der Waals surface area (Å²) in [4.78, 5) is 0. The summed E-state index contributed by atoms with van der Waals surface area (Å²) in [5, 5.41) is 0. The number of hydrogen-bond acceptors (Lipinski definition) is 0. The summed E-state index contributed by atoms with van der Waals surface area (Å²) in [6.45, 7) is 7.12. The Morgan fingerprint density at radius 1 is 0.652 bits per heavy atom. The fourth-order valence-electron chi connectivity index (χ4n) is 4.32. The van der Waals surface area contributed by atoms with E-state index in [2.05, 4.69) is 20.8 Å². The van der Waals surface area contributed by atoms with Gasteiger partial charge in [0.05, 0.1) is 0 Å². The van der Waals surface area contributed by atoms with E-state index in [1.165, 1.54) is 103 Å². The predicted molar refractivity (Wildman–Crippen MR) is 106 cm³/mol. The van der Waals surface area contributed by atoms with Crippen LogP contribution in [0.2, 0.25) is 0 Å². The van der Waals surface area contributed by atoms with E-state index >= 15 is 0 Å². The standard InChI is InChI=1S/C23H46/c1-4-6-8-10-12-14-16-22(20-23-19-18-21(23)3)17-15-13-11-9-7-5-2/h21-23H,4-20H2,1-3H3. The average Bonchev–Trinajstić information content (AvgIpc) is 2.56. The molecule has 0 bridgehead atoms. The molecule has 1 aliphatic carbocycles. The van der Waals surface area contributed by atoms with Gasteiger partial charge >= 0.3 is 0 Å². The smallest absolute Gasteiger partial charge is 0.0386 e. The highest BCUT2D eigenvalue weighted by atomic mass is 14.3. The normalized spacial score (nSPS) is 20.9. The highest BCUT2D eigenvalue weighted by molar-refractivity contribution is 4.79. The SMILES string of the molecule is CCCCCCCCC(CCCCCCCC)CC1CCC1C. The molecule has 1 fully saturated rings. The molecule has 0 heteroatoms. The molecular formula is C23H46. The third-order valence-electron chi connectivity index (χ3n) is 6.37. The lowest BCUT2D eigenvalue weighted by molar-refractivity contribution is 0.148. The third kappa shape index (κ3) is 10.5. The van der Waals surface area contributed by atoms with E-state index < -0.39 is 0 Å². The maximum atomic E-state index is 2.49. The van der Waals surface area contributed by atoms with Gasteiger partial charge in [0.25, 0.3) is 0 Å². The zero-order chi connectivity index (χ0) is 16.8. The van der Waals surface area contributed by atoms with E-state index in [0.29, 0.717) is 0 Å². The second-order valence-corrected chi connectivity index (χ2v) is 8.53. The van der Waals surface area contributed by atoms with Gasteiger partial charge in [0.15, 0.2) is 0 Å². The Morgan fingerprint density at radius 3 is 1.52 bits per heavy atom. The Balaban J connectivity index is 2.12. The number of hydrogen-bond donors (Lipinski definition) is 0. The summed E-state index contributed by atoms with van der Waals surface area (Å²) >= 11 is 0. The van der Waals surface area contributed by atoms with Crippen LogP contribution in [0, 0.1) is 17.8 Å².